The zero-order chi connectivity index (χ0) is 37.3. The van der Waals surface area contributed by atoms with Gasteiger partial charge in [0.25, 0.3) is 27.4 Å². The van der Waals surface area contributed by atoms with Gasteiger partial charge in [-0.15, -0.1) is 0 Å². The minimum Gasteiger partial charge on any atom is -0.480 e. The summed E-state index contributed by atoms with van der Waals surface area (Å²) in [5.74, 6) is -5.98. The van der Waals surface area contributed by atoms with Crippen molar-refractivity contribution >= 4 is 33.5 Å². The maximum atomic E-state index is 15.0. The molecule has 0 aliphatic rings. The minimum atomic E-state index is -4.47. The standard InChI is InChI=1S/C33H34F2N6O8S/c1-17-18(2)40(6)32(47)41(30(17)44)27-12-7-19(16-36-27)13-26(31(45)46)37-29(43)22-14-24(35)25(15-23(22)34)39-50(48,49)21-10-8-20(9-11-21)28(42)38-33(3,4)5/h7-12,14-16,26,39H,13H2,1-6H3,(H,37,43)(H,38,42)(H,45,46)/t26-/m0/s1. The highest BCUT2D eigenvalue weighted by atomic mass is 32.2. The predicted octanol–water partition coefficient (Wildman–Crippen LogP) is 2.58. The number of sulfonamides is 1. The first-order chi connectivity index (χ1) is 23.2. The van der Waals surface area contributed by atoms with Gasteiger partial charge >= 0.3 is 11.7 Å². The monoisotopic (exact) mass is 712 g/mol. The van der Waals surface area contributed by atoms with Crippen LogP contribution < -0.4 is 26.6 Å². The fourth-order valence-electron chi connectivity index (χ4n) is 4.70. The van der Waals surface area contributed by atoms with Crippen molar-refractivity contribution in [2.24, 2.45) is 7.05 Å². The van der Waals surface area contributed by atoms with Gasteiger partial charge in [0, 0.05) is 48.1 Å². The molecular weight excluding hydrogens is 678 g/mol. The first kappa shape index (κ1) is 37.1. The molecule has 2 aromatic carbocycles. The highest BCUT2D eigenvalue weighted by Gasteiger charge is 2.26. The summed E-state index contributed by atoms with van der Waals surface area (Å²) in [4.78, 5) is 66.4. The molecule has 0 spiro atoms. The van der Waals surface area contributed by atoms with E-state index in [4.69, 9.17) is 0 Å². The van der Waals surface area contributed by atoms with E-state index in [1.54, 1.807) is 34.6 Å². The zero-order valence-corrected chi connectivity index (χ0v) is 28.6. The molecule has 0 unspecified atom stereocenters. The van der Waals surface area contributed by atoms with Crippen LogP contribution in [-0.2, 0) is 28.3 Å². The molecule has 2 amide bonds. The number of pyridine rings is 1. The lowest BCUT2D eigenvalue weighted by molar-refractivity contribution is -0.139. The van der Waals surface area contributed by atoms with Crippen LogP contribution in [-0.4, -0.2) is 57.0 Å². The number of carboxylic acids is 1. The Balaban J connectivity index is 1.49. The first-order valence-corrected chi connectivity index (χ1v) is 16.4. The summed E-state index contributed by atoms with van der Waals surface area (Å²) >= 11 is 0. The second kappa shape index (κ2) is 14.0. The number of amides is 2. The van der Waals surface area contributed by atoms with Crippen LogP contribution >= 0.6 is 0 Å². The van der Waals surface area contributed by atoms with Gasteiger partial charge in [0.15, 0.2) is 0 Å². The second-order valence-corrected chi connectivity index (χ2v) is 14.1. The van der Waals surface area contributed by atoms with Crippen molar-refractivity contribution in [1.29, 1.82) is 0 Å². The Morgan fingerprint density at radius 2 is 1.60 bits per heavy atom. The van der Waals surface area contributed by atoms with E-state index in [9.17, 15) is 37.5 Å². The summed E-state index contributed by atoms with van der Waals surface area (Å²) in [6, 6.07) is 6.62. The van der Waals surface area contributed by atoms with Crippen LogP contribution in [0.2, 0.25) is 0 Å². The fourth-order valence-corrected chi connectivity index (χ4v) is 5.76. The smallest absolute Gasteiger partial charge is 0.336 e. The summed E-state index contributed by atoms with van der Waals surface area (Å²) in [6.07, 6.45) is 0.834. The van der Waals surface area contributed by atoms with Crippen LogP contribution in [0.5, 0.6) is 0 Å². The van der Waals surface area contributed by atoms with Crippen molar-refractivity contribution in [3.8, 4) is 5.82 Å². The molecule has 17 heteroatoms. The van der Waals surface area contributed by atoms with Crippen LogP contribution in [0.3, 0.4) is 0 Å². The Hall–Kier alpha value is -5.71. The number of carbonyl (C=O) groups excluding carboxylic acids is 2. The van der Waals surface area contributed by atoms with E-state index in [1.165, 1.54) is 42.1 Å². The quantitative estimate of drug-likeness (QED) is 0.191. The molecular formula is C33H34F2N6O8S. The second-order valence-electron chi connectivity index (χ2n) is 12.4. The van der Waals surface area contributed by atoms with Crippen LogP contribution in [0.15, 0.2) is 69.2 Å². The van der Waals surface area contributed by atoms with Gasteiger partial charge in [-0.3, -0.25) is 19.1 Å². The first-order valence-electron chi connectivity index (χ1n) is 14.9. The number of carbonyl (C=O) groups is 3. The predicted molar refractivity (Wildman–Crippen MR) is 178 cm³/mol. The molecule has 4 N–H and O–H groups in total. The molecule has 0 saturated heterocycles. The Kier molecular flexibility index (Phi) is 10.4. The van der Waals surface area contributed by atoms with Crippen molar-refractivity contribution < 1.29 is 36.7 Å². The molecule has 0 fully saturated rings. The topological polar surface area (TPSA) is 199 Å². The number of carboxylic acid groups (broad SMARTS) is 1. The summed E-state index contributed by atoms with van der Waals surface area (Å²) < 4.78 is 59.9. The number of halogens is 2. The molecule has 1 atom stereocenters. The van der Waals surface area contributed by atoms with Crippen molar-refractivity contribution in [2.45, 2.75) is 57.5 Å². The molecule has 0 aliphatic heterocycles. The van der Waals surface area contributed by atoms with E-state index in [1.807, 2.05) is 4.72 Å². The molecule has 2 aromatic heterocycles. The third-order valence-corrected chi connectivity index (χ3v) is 8.97. The fraction of sp³-hybridized carbons (Fsp3) is 0.273. The van der Waals surface area contributed by atoms with Crippen LogP contribution in [0.4, 0.5) is 14.5 Å². The summed E-state index contributed by atoms with van der Waals surface area (Å²) in [5.41, 5.74) is -2.25. The SMILES string of the molecule is Cc1c(C)n(C)c(=O)n(-c2ccc(C[C@H](NC(=O)c3cc(F)c(NS(=O)(=O)c4ccc(C(=O)NC(C)(C)C)cc4)cc3F)C(=O)O)cn2)c1=O. The molecule has 0 bridgehead atoms. The number of nitrogens with zero attached hydrogens (tertiary/aromatic N) is 3. The summed E-state index contributed by atoms with van der Waals surface area (Å²) in [7, 11) is -2.98. The van der Waals surface area contributed by atoms with Crippen LogP contribution in [0.25, 0.3) is 5.82 Å². The number of anilines is 1. The van der Waals surface area contributed by atoms with E-state index in [-0.39, 0.29) is 28.3 Å². The average molecular weight is 713 g/mol. The Labute approximate surface area is 284 Å². The van der Waals surface area contributed by atoms with Crippen LogP contribution in [0, 0.1) is 25.5 Å². The molecule has 4 aromatic rings. The van der Waals surface area contributed by atoms with Crippen LogP contribution in [0.1, 0.15) is 58.3 Å². The lowest BCUT2D eigenvalue weighted by Crippen LogP contribution is -2.42. The lowest BCUT2D eigenvalue weighted by Gasteiger charge is -2.20. The zero-order valence-electron chi connectivity index (χ0n) is 27.8. The number of nitrogens with one attached hydrogen (secondary N) is 3. The molecule has 0 saturated carbocycles. The van der Waals surface area contributed by atoms with E-state index in [2.05, 4.69) is 15.6 Å². The highest BCUT2D eigenvalue weighted by molar-refractivity contribution is 7.92. The Morgan fingerprint density at radius 1 is 0.960 bits per heavy atom. The number of benzene rings is 2. The molecule has 50 heavy (non-hydrogen) atoms. The third kappa shape index (κ3) is 8.11. The van der Waals surface area contributed by atoms with Crippen molar-refractivity contribution in [3.63, 3.8) is 0 Å². The van der Waals surface area contributed by atoms with Crippen molar-refractivity contribution in [1.82, 2.24) is 24.8 Å². The average Bonchev–Trinajstić information content (AvgIpc) is 3.04. The van der Waals surface area contributed by atoms with Gasteiger partial charge in [0.2, 0.25) is 0 Å². The normalized spacial score (nSPS) is 12.2. The maximum absolute atomic E-state index is 15.0. The molecule has 2 heterocycles. The molecule has 14 nitrogen and oxygen atoms in total. The van der Waals surface area contributed by atoms with Gasteiger partial charge < -0.3 is 20.3 Å². The lowest BCUT2D eigenvalue weighted by atomic mass is 10.1. The molecule has 264 valence electrons. The number of rotatable bonds is 10. The number of aromatic nitrogens is 3. The van der Waals surface area contributed by atoms with E-state index in [0.29, 0.717) is 23.4 Å². The van der Waals surface area contributed by atoms with Crippen molar-refractivity contribution in [3.05, 3.63) is 115 Å². The van der Waals surface area contributed by atoms with E-state index < -0.39 is 73.5 Å². The van der Waals surface area contributed by atoms with Gasteiger partial charge in [-0.1, -0.05) is 6.07 Å². The number of hydrogen-bond donors (Lipinski definition) is 4. The van der Waals surface area contributed by atoms with Gasteiger partial charge in [-0.25, -0.2) is 36.3 Å². The Morgan fingerprint density at radius 3 is 2.16 bits per heavy atom. The van der Waals surface area contributed by atoms with E-state index >= 15 is 8.78 Å². The molecule has 0 radical (unpaired) electrons. The van der Waals surface area contributed by atoms with Gasteiger partial charge in [0.1, 0.15) is 23.5 Å². The van der Waals surface area contributed by atoms with Gasteiger partial charge in [-0.2, -0.15) is 0 Å². The molecule has 4 rings (SSSR count). The molecule has 0 aliphatic carbocycles. The highest BCUT2D eigenvalue weighted by Crippen LogP contribution is 2.24. The largest absolute Gasteiger partial charge is 0.480 e. The third-order valence-electron chi connectivity index (χ3n) is 7.59. The van der Waals surface area contributed by atoms with E-state index in [0.717, 1.165) is 16.7 Å². The minimum absolute atomic E-state index is 0.0212. The maximum Gasteiger partial charge on any atom is 0.336 e. The summed E-state index contributed by atoms with van der Waals surface area (Å²) in [6.45, 7) is 8.48. The Bertz CT molecular complexity index is 2190. The van der Waals surface area contributed by atoms with Crippen molar-refractivity contribution in [2.75, 3.05) is 4.72 Å². The number of hydrogen-bond acceptors (Lipinski definition) is 8. The summed E-state index contributed by atoms with van der Waals surface area (Å²) in [5, 5.41) is 14.6. The number of aliphatic carboxylic acids is 1. The van der Waals surface area contributed by atoms with Gasteiger partial charge in [-0.05, 0) is 76.6 Å². The van der Waals surface area contributed by atoms with Gasteiger partial charge in [0.05, 0.1) is 16.1 Å².